The van der Waals surface area contributed by atoms with Gasteiger partial charge in [0.05, 0.1) is 20.1 Å². The second-order valence-corrected chi connectivity index (χ2v) is 20.6. The van der Waals surface area contributed by atoms with Crippen LogP contribution in [-0.4, -0.2) is 0 Å². The molecule has 0 unspecified atom stereocenters. The van der Waals surface area contributed by atoms with Crippen LogP contribution in [0.25, 0.3) is 77.9 Å². The second kappa shape index (κ2) is 19.8. The highest BCUT2D eigenvalue weighted by Crippen LogP contribution is 2.62. The Labute approximate surface area is 448 Å². The van der Waals surface area contributed by atoms with Gasteiger partial charge in [-0.3, -0.25) is 0 Å². The lowest BCUT2D eigenvalue weighted by Crippen LogP contribution is -2.03. The molecule has 0 atom stereocenters. The first-order valence-electron chi connectivity index (χ1n) is 18.2. The minimum Gasteiger partial charge on any atom is -0.0843 e. The van der Waals surface area contributed by atoms with Gasteiger partial charge in [-0.25, -0.2) is 0 Å². The van der Waals surface area contributed by atoms with Crippen LogP contribution in [0.4, 0.5) is 0 Å². The summed E-state index contributed by atoms with van der Waals surface area (Å²) in [6, 6.07) is 29.8. The summed E-state index contributed by atoms with van der Waals surface area (Å²) in [6.45, 7) is 0. The van der Waals surface area contributed by atoms with Crippen molar-refractivity contribution in [1.29, 1.82) is 0 Å². The highest BCUT2D eigenvalue weighted by molar-refractivity contribution is 6.51. The molecule has 8 aromatic carbocycles. The average molecular weight is 1160 g/mol. The van der Waals surface area contributed by atoms with Gasteiger partial charge in [0.1, 0.15) is 0 Å². The van der Waals surface area contributed by atoms with Crippen LogP contribution < -0.4 is 0 Å². The van der Waals surface area contributed by atoms with Crippen LogP contribution in [0.2, 0.25) is 80.4 Å². The summed E-state index contributed by atoms with van der Waals surface area (Å²) in [4.78, 5) is 0. The molecule has 0 amide bonds. The van der Waals surface area contributed by atoms with E-state index < -0.39 is 0 Å². The van der Waals surface area contributed by atoms with E-state index in [0.29, 0.717) is 85.8 Å². The lowest BCUT2D eigenvalue weighted by molar-refractivity contribution is 1.52. The molecule has 0 fully saturated rings. The molecule has 0 aliphatic heterocycles. The number of hydrogen-bond acceptors (Lipinski definition) is 0. The zero-order valence-corrected chi connectivity index (χ0v) is 43.5. The number of benzene rings is 8. The fourth-order valence-corrected chi connectivity index (χ4v) is 12.2. The summed E-state index contributed by atoms with van der Waals surface area (Å²) in [5.41, 5.74) is 4.96. The molecule has 0 aromatic heterocycles. The van der Waals surface area contributed by atoms with Crippen molar-refractivity contribution in [2.45, 2.75) is 0 Å². The molecular weight excluding hydrogens is 1140 g/mol. The lowest BCUT2D eigenvalue weighted by atomic mass is 9.79. The summed E-state index contributed by atoms with van der Waals surface area (Å²) in [7, 11) is 0. The normalized spacial score (nSPS) is 11.4. The van der Waals surface area contributed by atoms with E-state index in [2.05, 4.69) is 0 Å². The van der Waals surface area contributed by atoms with E-state index in [9.17, 15) is 0 Å². The fourth-order valence-electron chi connectivity index (χ4n) is 7.52. The van der Waals surface area contributed by atoms with Crippen molar-refractivity contribution in [2.24, 2.45) is 0 Å². The van der Waals surface area contributed by atoms with Crippen molar-refractivity contribution in [3.8, 4) is 77.9 Å². The van der Waals surface area contributed by atoms with Gasteiger partial charge < -0.3 is 0 Å². The molecule has 8 aromatic rings. The lowest BCUT2D eigenvalue weighted by Gasteiger charge is -2.29. The SMILES string of the molecule is Clc1ccc(-c2c(Cl)c(-c3ccc(Cl)cc3Cl)c(-c3ccc(Cl)cc3Cl)c(-c3c(Cl)c(-c4ccc(Cl)cc4Cl)c(Cl)c(-c4ccc(Cl)cc4Cl)c3-c3ccc(Cl)cc3Cl)c2Cl)c(Cl)c1. The predicted molar refractivity (Wildman–Crippen MR) is 285 cm³/mol. The van der Waals surface area contributed by atoms with Crippen molar-refractivity contribution in [1.82, 2.24) is 0 Å². The van der Waals surface area contributed by atoms with Gasteiger partial charge >= 0.3 is 0 Å². The molecule has 8 rings (SSSR count). The first kappa shape index (κ1) is 48.8. The maximum Gasteiger partial charge on any atom is 0.0585 e. The number of rotatable bonds is 7. The maximum atomic E-state index is 7.96. The van der Waals surface area contributed by atoms with E-state index in [0.717, 1.165) is 0 Å². The monoisotopic (exact) mass is 1150 g/mol. The number of hydrogen-bond donors (Lipinski definition) is 0. The largest absolute Gasteiger partial charge is 0.0843 e. The molecule has 64 heavy (non-hydrogen) atoms. The summed E-state index contributed by atoms with van der Waals surface area (Å²) in [5, 5.41) is 3.83. The van der Waals surface area contributed by atoms with Gasteiger partial charge in [0, 0.05) is 138 Å². The molecule has 16 heteroatoms. The zero-order valence-electron chi connectivity index (χ0n) is 31.4. The van der Waals surface area contributed by atoms with E-state index in [1.165, 1.54) is 0 Å². The molecule has 0 aliphatic rings. The van der Waals surface area contributed by atoms with Crippen molar-refractivity contribution in [2.75, 3.05) is 0 Å². The van der Waals surface area contributed by atoms with Gasteiger partial charge in [0.25, 0.3) is 0 Å². The Morgan fingerprint density at radius 2 is 0.344 bits per heavy atom. The van der Waals surface area contributed by atoms with Crippen LogP contribution in [0.15, 0.2) is 109 Å². The summed E-state index contributed by atoms with van der Waals surface area (Å²) in [6.07, 6.45) is 0. The van der Waals surface area contributed by atoms with Gasteiger partial charge in [-0.05, 0) is 72.8 Å². The summed E-state index contributed by atoms with van der Waals surface area (Å²) < 4.78 is 0. The molecule has 322 valence electrons. The van der Waals surface area contributed by atoms with Crippen molar-refractivity contribution in [3.63, 3.8) is 0 Å². The Kier molecular flexibility index (Phi) is 15.1. The predicted octanol–water partition coefficient (Wildman–Crippen LogP) is 23.8. The Hall–Kier alpha value is -1.60. The van der Waals surface area contributed by atoms with E-state index >= 15 is 0 Å². The third-order valence-corrected chi connectivity index (χ3v) is 15.0. The van der Waals surface area contributed by atoms with Crippen LogP contribution in [0.1, 0.15) is 0 Å². The first-order chi connectivity index (χ1) is 30.4. The van der Waals surface area contributed by atoms with Gasteiger partial charge in [0.15, 0.2) is 0 Å². The van der Waals surface area contributed by atoms with Crippen LogP contribution in [0.3, 0.4) is 0 Å². The molecular formula is C48H18Cl16. The third-order valence-electron chi connectivity index (χ3n) is 10.2. The van der Waals surface area contributed by atoms with Gasteiger partial charge in [-0.2, -0.15) is 0 Å². The third kappa shape index (κ3) is 9.18. The minimum absolute atomic E-state index is 0.0564. The number of halogens is 16. The van der Waals surface area contributed by atoms with Crippen LogP contribution in [0, 0.1) is 0 Å². The average Bonchev–Trinajstić information content (AvgIpc) is 3.21. The van der Waals surface area contributed by atoms with Crippen LogP contribution in [0.5, 0.6) is 0 Å². The van der Waals surface area contributed by atoms with E-state index in [1.54, 1.807) is 109 Å². The first-order valence-corrected chi connectivity index (χ1v) is 24.2. The molecule has 0 radical (unpaired) electrons. The maximum absolute atomic E-state index is 7.96. The van der Waals surface area contributed by atoms with Gasteiger partial charge in [-0.15, -0.1) is 0 Å². The highest BCUT2D eigenvalue weighted by Gasteiger charge is 2.35. The summed E-state index contributed by atoms with van der Waals surface area (Å²) >= 11 is 113. The molecule has 0 spiro atoms. The quantitative estimate of drug-likeness (QED) is 0.149. The molecule has 0 saturated heterocycles. The molecule has 0 N–H and O–H groups in total. The Morgan fingerprint density at radius 3 is 0.547 bits per heavy atom. The molecule has 0 aliphatic carbocycles. The van der Waals surface area contributed by atoms with E-state index in [1.807, 2.05) is 0 Å². The fraction of sp³-hybridized carbons (Fsp3) is 0. The van der Waals surface area contributed by atoms with Crippen LogP contribution >= 0.6 is 186 Å². The highest BCUT2D eigenvalue weighted by atomic mass is 35.5. The van der Waals surface area contributed by atoms with Crippen molar-refractivity contribution < 1.29 is 0 Å². The molecule has 0 saturated carbocycles. The summed E-state index contributed by atoms with van der Waals surface area (Å²) in [5.74, 6) is 0. The minimum atomic E-state index is 0.0564. The Bertz CT molecular complexity index is 3030. The van der Waals surface area contributed by atoms with Crippen LogP contribution in [-0.2, 0) is 0 Å². The molecule has 0 heterocycles. The van der Waals surface area contributed by atoms with Crippen molar-refractivity contribution >= 4 is 186 Å². The molecule has 0 nitrogen and oxygen atoms in total. The Morgan fingerprint density at radius 1 is 0.172 bits per heavy atom. The van der Waals surface area contributed by atoms with Crippen molar-refractivity contribution in [3.05, 3.63) is 190 Å². The van der Waals surface area contributed by atoms with Gasteiger partial charge in [0.2, 0.25) is 0 Å². The topological polar surface area (TPSA) is 0 Å². The zero-order chi connectivity index (χ0) is 46.0. The van der Waals surface area contributed by atoms with E-state index in [4.69, 9.17) is 186 Å². The van der Waals surface area contributed by atoms with Gasteiger partial charge in [-0.1, -0.05) is 222 Å². The standard InChI is InChI=1S/C48H18Cl16/c49-19-1-7-25(31(55)13-19)37-39(27-9-3-21(51)15-33(27)57)45(61)41(29-11-5-23(53)17-35(29)59)47(63)43(37)44-38(26-8-2-20(50)14-32(26)56)40(28-10-4-22(52)16-34(28)58)46(62)42(48(44)64)30-12-6-24(54)18-36(30)60/h1-18H. The van der Waals surface area contributed by atoms with E-state index in [-0.39, 0.29) is 72.5 Å². The second-order valence-electron chi connectivity index (χ2n) is 14.0. The Balaban J connectivity index is 1.76. The smallest absolute Gasteiger partial charge is 0.0585 e. The molecule has 0 bridgehead atoms.